The van der Waals surface area contributed by atoms with Crippen molar-refractivity contribution in [2.24, 2.45) is 15.9 Å². The first-order chi connectivity index (χ1) is 9.54. The Labute approximate surface area is 124 Å². The van der Waals surface area contributed by atoms with E-state index in [9.17, 15) is 9.90 Å². The molecule has 1 heterocycles. The van der Waals surface area contributed by atoms with Gasteiger partial charge in [-0.1, -0.05) is 23.2 Å². The van der Waals surface area contributed by atoms with Crippen LogP contribution in [0.3, 0.4) is 0 Å². The van der Waals surface area contributed by atoms with Gasteiger partial charge in [0.25, 0.3) is 5.91 Å². The van der Waals surface area contributed by atoms with Crippen molar-refractivity contribution in [3.63, 3.8) is 0 Å². The summed E-state index contributed by atoms with van der Waals surface area (Å²) < 4.78 is 0. The SMILES string of the molecule is O=C1N=C(c2cc(Cl)ccc2O)N=C2C=CC(Cl)=CC12. The van der Waals surface area contributed by atoms with Crippen LogP contribution in [-0.4, -0.2) is 22.6 Å². The number of hydrogen-bond donors (Lipinski definition) is 1. The van der Waals surface area contributed by atoms with Crippen LogP contribution >= 0.6 is 23.2 Å². The summed E-state index contributed by atoms with van der Waals surface area (Å²) in [7, 11) is 0. The van der Waals surface area contributed by atoms with Gasteiger partial charge in [0.05, 0.1) is 11.3 Å². The topological polar surface area (TPSA) is 62.0 Å². The van der Waals surface area contributed by atoms with E-state index < -0.39 is 5.92 Å². The largest absolute Gasteiger partial charge is 0.507 e. The van der Waals surface area contributed by atoms with Gasteiger partial charge in [-0.05, 0) is 36.4 Å². The lowest BCUT2D eigenvalue weighted by atomic mass is 9.96. The minimum absolute atomic E-state index is 0.0305. The van der Waals surface area contributed by atoms with Crippen molar-refractivity contribution in [2.75, 3.05) is 0 Å². The molecule has 0 fully saturated rings. The second-order valence-corrected chi connectivity index (χ2v) is 5.21. The number of rotatable bonds is 1. The van der Waals surface area contributed by atoms with Crippen LogP contribution in [0.25, 0.3) is 0 Å². The van der Waals surface area contributed by atoms with Crippen LogP contribution in [0.2, 0.25) is 5.02 Å². The van der Waals surface area contributed by atoms with Crippen LogP contribution in [0.5, 0.6) is 5.75 Å². The first kappa shape index (κ1) is 13.1. The molecule has 0 saturated heterocycles. The van der Waals surface area contributed by atoms with Gasteiger partial charge in [-0.3, -0.25) is 4.79 Å². The normalized spacial score (nSPS) is 21.0. The number of carbonyl (C=O) groups is 1. The highest BCUT2D eigenvalue weighted by Crippen LogP contribution is 2.27. The zero-order valence-corrected chi connectivity index (χ0v) is 11.6. The fourth-order valence-corrected chi connectivity index (χ4v) is 2.36. The molecule has 1 amide bonds. The molecule has 3 rings (SSSR count). The summed E-state index contributed by atoms with van der Waals surface area (Å²) in [5, 5.41) is 10.7. The number of nitrogens with zero attached hydrogens (tertiary/aromatic N) is 2. The molecule has 0 aromatic heterocycles. The average molecular weight is 307 g/mol. The smallest absolute Gasteiger partial charge is 0.260 e. The van der Waals surface area contributed by atoms with E-state index in [0.29, 0.717) is 21.3 Å². The van der Waals surface area contributed by atoms with Crippen LogP contribution in [0, 0.1) is 5.92 Å². The predicted molar refractivity (Wildman–Crippen MR) is 78.7 cm³/mol. The highest BCUT2D eigenvalue weighted by Gasteiger charge is 2.28. The summed E-state index contributed by atoms with van der Waals surface area (Å²) in [5.41, 5.74) is 0.870. The summed E-state index contributed by atoms with van der Waals surface area (Å²) in [6, 6.07) is 4.50. The Morgan fingerprint density at radius 3 is 2.75 bits per heavy atom. The molecule has 20 heavy (non-hydrogen) atoms. The molecule has 1 unspecified atom stereocenters. The summed E-state index contributed by atoms with van der Waals surface area (Å²) in [5.74, 6) is -0.807. The number of benzene rings is 1. The zero-order valence-electron chi connectivity index (χ0n) is 10.0. The van der Waals surface area contributed by atoms with E-state index in [-0.39, 0.29) is 17.5 Å². The third kappa shape index (κ3) is 2.28. The lowest BCUT2D eigenvalue weighted by molar-refractivity contribution is -0.118. The van der Waals surface area contributed by atoms with Gasteiger partial charge in [-0.25, -0.2) is 4.99 Å². The minimum Gasteiger partial charge on any atom is -0.507 e. The second-order valence-electron chi connectivity index (χ2n) is 4.33. The quantitative estimate of drug-likeness (QED) is 0.866. The molecule has 6 heteroatoms. The summed E-state index contributed by atoms with van der Waals surface area (Å²) in [4.78, 5) is 20.2. The number of allylic oxidation sites excluding steroid dienone is 3. The Morgan fingerprint density at radius 1 is 1.15 bits per heavy atom. The molecule has 1 N–H and O–H groups in total. The lowest BCUT2D eigenvalue weighted by Gasteiger charge is -2.19. The average Bonchev–Trinajstić information content (AvgIpc) is 2.42. The van der Waals surface area contributed by atoms with Gasteiger partial charge in [0.15, 0.2) is 5.84 Å². The molecule has 0 radical (unpaired) electrons. The number of fused-ring (bicyclic) bond motifs is 1. The molecule has 2 aliphatic rings. The van der Waals surface area contributed by atoms with Crippen LogP contribution in [-0.2, 0) is 4.79 Å². The molecule has 0 bridgehead atoms. The first-order valence-corrected chi connectivity index (χ1v) is 6.55. The maximum Gasteiger partial charge on any atom is 0.260 e. The fraction of sp³-hybridized carbons (Fsp3) is 0.0714. The van der Waals surface area contributed by atoms with Crippen molar-refractivity contribution < 1.29 is 9.90 Å². The highest BCUT2D eigenvalue weighted by molar-refractivity contribution is 6.34. The van der Waals surface area contributed by atoms with E-state index >= 15 is 0 Å². The monoisotopic (exact) mass is 306 g/mol. The predicted octanol–water partition coefficient (Wildman–Crippen LogP) is 3.08. The Morgan fingerprint density at radius 2 is 1.95 bits per heavy atom. The van der Waals surface area contributed by atoms with Gasteiger partial charge in [-0.15, -0.1) is 0 Å². The van der Waals surface area contributed by atoms with E-state index in [1.165, 1.54) is 12.1 Å². The lowest BCUT2D eigenvalue weighted by Crippen LogP contribution is -2.27. The Kier molecular flexibility index (Phi) is 3.20. The van der Waals surface area contributed by atoms with Crippen molar-refractivity contribution in [1.82, 2.24) is 0 Å². The molecule has 1 aromatic carbocycles. The van der Waals surface area contributed by atoms with E-state index in [1.807, 2.05) is 0 Å². The van der Waals surface area contributed by atoms with Gasteiger partial charge in [0.2, 0.25) is 0 Å². The number of hydrogen-bond acceptors (Lipinski definition) is 3. The van der Waals surface area contributed by atoms with Gasteiger partial charge in [0.1, 0.15) is 11.7 Å². The summed E-state index contributed by atoms with van der Waals surface area (Å²) in [6.07, 6.45) is 4.92. The number of aliphatic imine (C=N–C) groups is 2. The summed E-state index contributed by atoms with van der Waals surface area (Å²) >= 11 is 11.8. The number of phenolic OH excluding ortho intramolecular Hbond substituents is 1. The zero-order chi connectivity index (χ0) is 14.3. The fourth-order valence-electron chi connectivity index (χ4n) is 2.00. The van der Waals surface area contributed by atoms with Gasteiger partial charge in [-0.2, -0.15) is 4.99 Å². The maximum atomic E-state index is 12.0. The third-order valence-electron chi connectivity index (χ3n) is 2.97. The summed E-state index contributed by atoms with van der Waals surface area (Å²) in [6.45, 7) is 0. The van der Waals surface area contributed by atoms with Crippen molar-refractivity contribution in [3.05, 3.63) is 52.0 Å². The van der Waals surface area contributed by atoms with Gasteiger partial charge in [0, 0.05) is 10.1 Å². The molecular formula is C14H8Cl2N2O2. The Bertz CT molecular complexity index is 733. The van der Waals surface area contributed by atoms with Crippen molar-refractivity contribution in [3.8, 4) is 5.75 Å². The first-order valence-electron chi connectivity index (χ1n) is 5.80. The Hall–Kier alpha value is -1.91. The molecule has 1 aliphatic carbocycles. The van der Waals surface area contributed by atoms with Crippen molar-refractivity contribution in [2.45, 2.75) is 0 Å². The molecule has 1 aliphatic heterocycles. The molecule has 1 atom stereocenters. The third-order valence-corrected chi connectivity index (χ3v) is 3.46. The van der Waals surface area contributed by atoms with Crippen molar-refractivity contribution in [1.29, 1.82) is 0 Å². The molecule has 100 valence electrons. The molecule has 0 saturated carbocycles. The van der Waals surface area contributed by atoms with Crippen LogP contribution in [0.15, 0.2) is 51.4 Å². The number of aromatic hydroxyl groups is 1. The van der Waals surface area contributed by atoms with Crippen LogP contribution in [0.1, 0.15) is 5.56 Å². The van der Waals surface area contributed by atoms with Crippen LogP contribution < -0.4 is 0 Å². The van der Waals surface area contributed by atoms with Gasteiger partial charge < -0.3 is 5.11 Å². The Balaban J connectivity index is 2.08. The minimum atomic E-state index is -0.558. The molecule has 0 spiro atoms. The molecule has 1 aromatic rings. The van der Waals surface area contributed by atoms with Gasteiger partial charge >= 0.3 is 0 Å². The number of halogens is 2. The van der Waals surface area contributed by atoms with Crippen LogP contribution in [0.4, 0.5) is 0 Å². The number of carbonyl (C=O) groups excluding carboxylic acids is 1. The van der Waals surface area contributed by atoms with E-state index in [4.69, 9.17) is 23.2 Å². The van der Waals surface area contributed by atoms with Crippen molar-refractivity contribution >= 4 is 40.7 Å². The van der Waals surface area contributed by atoms with E-state index in [2.05, 4.69) is 9.98 Å². The second kappa shape index (κ2) is 4.89. The van der Waals surface area contributed by atoms with E-state index in [1.54, 1.807) is 24.3 Å². The standard InChI is InChI=1S/C14H8Cl2N2O2/c15-7-1-3-11-9(5-7)14(20)18-13(17-11)10-6-8(16)2-4-12(10)19/h1-6,9,19H. The highest BCUT2D eigenvalue weighted by atomic mass is 35.5. The number of phenols is 1. The molecular weight excluding hydrogens is 299 g/mol. The molecule has 4 nitrogen and oxygen atoms in total. The number of amidine groups is 1. The number of amides is 1. The van der Waals surface area contributed by atoms with E-state index in [0.717, 1.165) is 0 Å². The maximum absolute atomic E-state index is 12.0.